The molecular weight excluding hydrogens is 380 g/mol. The van der Waals surface area contributed by atoms with Crippen molar-refractivity contribution >= 4 is 5.97 Å². The molecular formula is C29H32O2. The summed E-state index contributed by atoms with van der Waals surface area (Å²) in [5, 5.41) is 0. The maximum absolute atomic E-state index is 11.9. The zero-order valence-corrected chi connectivity index (χ0v) is 19.3. The first-order valence-electron chi connectivity index (χ1n) is 11.2. The van der Waals surface area contributed by atoms with Gasteiger partial charge in [-0.2, -0.15) is 0 Å². The smallest absolute Gasteiger partial charge is 0.338 e. The van der Waals surface area contributed by atoms with Crippen molar-refractivity contribution in [2.24, 2.45) is 0 Å². The monoisotopic (exact) mass is 412 g/mol. The van der Waals surface area contributed by atoms with Crippen LogP contribution in [0.2, 0.25) is 0 Å². The van der Waals surface area contributed by atoms with E-state index in [0.29, 0.717) is 12.2 Å². The lowest BCUT2D eigenvalue weighted by Crippen LogP contribution is -2.33. The van der Waals surface area contributed by atoms with Crippen molar-refractivity contribution in [3.8, 4) is 22.3 Å². The number of ether oxygens (including phenoxy) is 1. The maximum Gasteiger partial charge on any atom is 0.338 e. The molecule has 0 atom stereocenters. The Morgan fingerprint density at radius 3 is 1.94 bits per heavy atom. The molecule has 3 aromatic rings. The van der Waals surface area contributed by atoms with Crippen LogP contribution in [0.15, 0.2) is 66.7 Å². The molecule has 2 nitrogen and oxygen atoms in total. The highest BCUT2D eigenvalue weighted by molar-refractivity contribution is 5.90. The molecule has 0 heterocycles. The number of rotatable bonds is 4. The first-order chi connectivity index (χ1) is 14.7. The number of hydrogen-bond donors (Lipinski definition) is 0. The van der Waals surface area contributed by atoms with E-state index in [2.05, 4.69) is 70.2 Å². The largest absolute Gasteiger partial charge is 0.462 e. The van der Waals surface area contributed by atoms with Gasteiger partial charge in [-0.3, -0.25) is 0 Å². The van der Waals surface area contributed by atoms with E-state index in [4.69, 9.17) is 4.74 Å². The molecule has 4 rings (SSSR count). The molecule has 2 heteroatoms. The van der Waals surface area contributed by atoms with Gasteiger partial charge in [-0.25, -0.2) is 4.79 Å². The van der Waals surface area contributed by atoms with Gasteiger partial charge < -0.3 is 4.74 Å². The van der Waals surface area contributed by atoms with Crippen molar-refractivity contribution in [1.29, 1.82) is 0 Å². The Morgan fingerprint density at radius 2 is 1.29 bits per heavy atom. The number of benzene rings is 3. The second kappa shape index (κ2) is 8.00. The molecule has 0 aromatic heterocycles. The van der Waals surface area contributed by atoms with Gasteiger partial charge in [-0.05, 0) is 82.2 Å². The Labute approximate surface area is 186 Å². The van der Waals surface area contributed by atoms with Gasteiger partial charge in [0.2, 0.25) is 0 Å². The topological polar surface area (TPSA) is 26.3 Å². The van der Waals surface area contributed by atoms with Gasteiger partial charge in [-0.15, -0.1) is 0 Å². The van der Waals surface area contributed by atoms with E-state index in [1.54, 1.807) is 0 Å². The highest BCUT2D eigenvalue weighted by Gasteiger charge is 2.36. The van der Waals surface area contributed by atoms with Gasteiger partial charge in [0.05, 0.1) is 12.2 Å². The average molecular weight is 413 g/mol. The van der Waals surface area contributed by atoms with Crippen LogP contribution >= 0.6 is 0 Å². The van der Waals surface area contributed by atoms with E-state index >= 15 is 0 Å². The van der Waals surface area contributed by atoms with Crippen molar-refractivity contribution < 1.29 is 9.53 Å². The summed E-state index contributed by atoms with van der Waals surface area (Å²) in [5.74, 6) is -0.276. The van der Waals surface area contributed by atoms with E-state index in [0.717, 1.165) is 11.1 Å². The molecule has 1 aliphatic rings. The van der Waals surface area contributed by atoms with Crippen LogP contribution in [-0.2, 0) is 15.6 Å². The van der Waals surface area contributed by atoms with Gasteiger partial charge in [0, 0.05) is 0 Å². The molecule has 0 amide bonds. The fourth-order valence-electron chi connectivity index (χ4n) is 4.66. The van der Waals surface area contributed by atoms with E-state index in [1.807, 2.05) is 31.2 Å². The molecule has 160 valence electrons. The quantitative estimate of drug-likeness (QED) is 0.414. The minimum atomic E-state index is -0.276. The fourth-order valence-corrected chi connectivity index (χ4v) is 4.66. The second-order valence-electron chi connectivity index (χ2n) is 9.91. The summed E-state index contributed by atoms with van der Waals surface area (Å²) >= 11 is 0. The summed E-state index contributed by atoms with van der Waals surface area (Å²) in [5.41, 5.74) is 8.68. The SMILES string of the molecule is CCOC(=O)c1ccc(-c2cccc(-c3ccc4c(c3)C(C)(C)CCC4(C)C)c2)cc1. The number of fused-ring (bicyclic) bond motifs is 1. The third-order valence-electron chi connectivity index (χ3n) is 6.78. The van der Waals surface area contributed by atoms with Gasteiger partial charge in [-0.1, -0.05) is 76.2 Å². The summed E-state index contributed by atoms with van der Waals surface area (Å²) in [7, 11) is 0. The maximum atomic E-state index is 11.9. The van der Waals surface area contributed by atoms with Crippen LogP contribution in [0.1, 0.15) is 68.9 Å². The fraction of sp³-hybridized carbons (Fsp3) is 0.345. The van der Waals surface area contributed by atoms with Crippen LogP contribution in [0.5, 0.6) is 0 Å². The summed E-state index contributed by atoms with van der Waals surface area (Å²) in [6.07, 6.45) is 2.44. The average Bonchev–Trinajstić information content (AvgIpc) is 2.77. The first kappa shape index (κ1) is 21.4. The van der Waals surface area contributed by atoms with E-state index < -0.39 is 0 Å². The Bertz CT molecular complexity index is 1100. The molecule has 0 aliphatic heterocycles. The van der Waals surface area contributed by atoms with Crippen molar-refractivity contribution in [2.45, 2.75) is 58.3 Å². The zero-order valence-electron chi connectivity index (χ0n) is 19.3. The van der Waals surface area contributed by atoms with E-state index in [9.17, 15) is 4.79 Å². The summed E-state index contributed by atoms with van der Waals surface area (Å²) in [6.45, 7) is 11.7. The zero-order chi connectivity index (χ0) is 22.2. The van der Waals surface area contributed by atoms with Gasteiger partial charge in [0.1, 0.15) is 0 Å². The number of esters is 1. The Balaban J connectivity index is 1.69. The third-order valence-corrected chi connectivity index (χ3v) is 6.78. The summed E-state index contributed by atoms with van der Waals surface area (Å²) in [6, 6.07) is 23.3. The minimum Gasteiger partial charge on any atom is -0.462 e. The van der Waals surface area contributed by atoms with Crippen molar-refractivity contribution in [2.75, 3.05) is 6.61 Å². The molecule has 0 fully saturated rings. The predicted molar refractivity (Wildman–Crippen MR) is 129 cm³/mol. The molecule has 0 spiro atoms. The molecule has 0 N–H and O–H groups in total. The second-order valence-corrected chi connectivity index (χ2v) is 9.91. The molecule has 31 heavy (non-hydrogen) atoms. The van der Waals surface area contributed by atoms with Crippen molar-refractivity contribution in [3.05, 3.63) is 83.4 Å². The lowest BCUT2D eigenvalue weighted by Gasteiger charge is -2.42. The molecule has 3 aromatic carbocycles. The Morgan fingerprint density at radius 1 is 0.742 bits per heavy atom. The van der Waals surface area contributed by atoms with Crippen LogP contribution in [0, 0.1) is 0 Å². The first-order valence-corrected chi connectivity index (χ1v) is 11.2. The molecule has 0 saturated carbocycles. The lowest BCUT2D eigenvalue weighted by molar-refractivity contribution is 0.0526. The third kappa shape index (κ3) is 4.17. The Hall–Kier alpha value is -2.87. The van der Waals surface area contributed by atoms with Crippen LogP contribution in [0.4, 0.5) is 0 Å². The van der Waals surface area contributed by atoms with Crippen molar-refractivity contribution in [1.82, 2.24) is 0 Å². The van der Waals surface area contributed by atoms with Gasteiger partial charge in [0.15, 0.2) is 0 Å². The number of hydrogen-bond acceptors (Lipinski definition) is 2. The lowest BCUT2D eigenvalue weighted by atomic mass is 9.63. The van der Waals surface area contributed by atoms with Crippen LogP contribution < -0.4 is 0 Å². The Kier molecular flexibility index (Phi) is 5.51. The van der Waals surface area contributed by atoms with Gasteiger partial charge >= 0.3 is 5.97 Å². The number of carbonyl (C=O) groups excluding carboxylic acids is 1. The highest BCUT2D eigenvalue weighted by atomic mass is 16.5. The van der Waals surface area contributed by atoms with Crippen LogP contribution in [0.25, 0.3) is 22.3 Å². The van der Waals surface area contributed by atoms with Crippen molar-refractivity contribution in [3.63, 3.8) is 0 Å². The predicted octanol–water partition coefficient (Wildman–Crippen LogP) is 7.55. The molecule has 0 saturated heterocycles. The number of carbonyl (C=O) groups is 1. The summed E-state index contributed by atoms with van der Waals surface area (Å²) < 4.78 is 5.09. The van der Waals surface area contributed by atoms with Crippen LogP contribution in [0.3, 0.4) is 0 Å². The van der Waals surface area contributed by atoms with Crippen LogP contribution in [-0.4, -0.2) is 12.6 Å². The summed E-state index contributed by atoms with van der Waals surface area (Å²) in [4.78, 5) is 11.9. The molecule has 0 bridgehead atoms. The van der Waals surface area contributed by atoms with E-state index in [1.165, 1.54) is 35.1 Å². The molecule has 0 unspecified atom stereocenters. The van der Waals surface area contributed by atoms with Gasteiger partial charge in [0.25, 0.3) is 0 Å². The molecule has 0 radical (unpaired) electrons. The minimum absolute atomic E-state index is 0.196. The standard InChI is InChI=1S/C29H32O2/c1-6-31-27(30)21-12-10-20(11-13-21)22-8-7-9-23(18-22)24-14-15-25-26(19-24)29(4,5)17-16-28(25,2)3/h7-15,18-19H,6,16-17H2,1-5H3. The highest BCUT2D eigenvalue weighted by Crippen LogP contribution is 2.46. The normalized spacial score (nSPS) is 16.4. The molecule has 1 aliphatic carbocycles. The van der Waals surface area contributed by atoms with E-state index in [-0.39, 0.29) is 16.8 Å².